The first kappa shape index (κ1) is 8.49. The molecule has 0 aromatic heterocycles. The van der Waals surface area contributed by atoms with E-state index >= 15 is 0 Å². The summed E-state index contributed by atoms with van der Waals surface area (Å²) in [5.74, 6) is -1.50. The second kappa shape index (κ2) is 3.50. The highest BCUT2D eigenvalue weighted by Crippen LogP contribution is 2.14. The predicted molar refractivity (Wildman–Crippen MR) is 26.8 cm³/mol. The van der Waals surface area contributed by atoms with Crippen LogP contribution in [0.1, 0.15) is 6.92 Å². The minimum absolute atomic E-state index is 1.14. The molecule has 0 rings (SSSR count). The zero-order valence-corrected chi connectivity index (χ0v) is 5.12. The summed E-state index contributed by atoms with van der Waals surface area (Å²) in [5, 5.41) is 0. The van der Waals surface area contributed by atoms with Crippen LogP contribution < -0.4 is 0 Å². The van der Waals surface area contributed by atoms with E-state index in [1.165, 1.54) is 6.92 Å². The monoisotopic (exact) mass is 140 g/mol. The third-order valence-electron chi connectivity index (χ3n) is 0.891. The smallest absolute Gasteiger partial charge is 0.304 e. The van der Waals surface area contributed by atoms with Gasteiger partial charge >= 0.3 is 6.08 Å². The molecule has 0 aliphatic rings. The summed E-state index contributed by atoms with van der Waals surface area (Å²) < 4.78 is 38.8. The van der Waals surface area contributed by atoms with E-state index in [1.54, 1.807) is 0 Å². The molecule has 0 N–H and O–H groups in total. The second-order valence-corrected chi connectivity index (χ2v) is 1.49. The molecule has 0 aliphatic heterocycles. The van der Waals surface area contributed by atoms with Crippen LogP contribution in [-0.4, -0.2) is 13.2 Å². The molecular weight excluding hydrogens is 133 g/mol. The SMILES string of the molecule is COC(C)C(F)=C(F)F. The molecule has 54 valence electrons. The van der Waals surface area contributed by atoms with Crippen molar-refractivity contribution < 1.29 is 17.9 Å². The highest BCUT2D eigenvalue weighted by Gasteiger charge is 2.12. The van der Waals surface area contributed by atoms with Gasteiger partial charge in [0.05, 0.1) is 0 Å². The van der Waals surface area contributed by atoms with Crippen LogP contribution in [-0.2, 0) is 4.74 Å². The maximum Gasteiger partial charge on any atom is 0.304 e. The van der Waals surface area contributed by atoms with Gasteiger partial charge in [0, 0.05) is 7.11 Å². The van der Waals surface area contributed by atoms with Gasteiger partial charge in [-0.2, -0.15) is 8.78 Å². The van der Waals surface area contributed by atoms with Gasteiger partial charge in [0.2, 0.25) is 0 Å². The maximum atomic E-state index is 11.9. The molecule has 4 heteroatoms. The van der Waals surface area contributed by atoms with E-state index in [0.29, 0.717) is 0 Å². The van der Waals surface area contributed by atoms with Gasteiger partial charge in [-0.25, -0.2) is 4.39 Å². The lowest BCUT2D eigenvalue weighted by molar-refractivity contribution is 0.118. The topological polar surface area (TPSA) is 9.23 Å². The molecule has 0 radical (unpaired) electrons. The molecule has 0 spiro atoms. The molecule has 0 fully saturated rings. The molecule has 1 unspecified atom stereocenters. The summed E-state index contributed by atoms with van der Waals surface area (Å²) in [5.41, 5.74) is 0. The van der Waals surface area contributed by atoms with Crippen molar-refractivity contribution in [2.45, 2.75) is 13.0 Å². The maximum absolute atomic E-state index is 11.9. The van der Waals surface area contributed by atoms with Crippen LogP contribution in [0.4, 0.5) is 13.2 Å². The van der Waals surface area contributed by atoms with E-state index in [0.717, 1.165) is 7.11 Å². The van der Waals surface area contributed by atoms with Crippen molar-refractivity contribution >= 4 is 0 Å². The van der Waals surface area contributed by atoms with Crippen molar-refractivity contribution in [1.82, 2.24) is 0 Å². The number of rotatable bonds is 2. The van der Waals surface area contributed by atoms with Crippen molar-refractivity contribution in [3.63, 3.8) is 0 Å². The van der Waals surface area contributed by atoms with Crippen LogP contribution in [0.15, 0.2) is 11.9 Å². The molecule has 1 atom stereocenters. The van der Waals surface area contributed by atoms with Crippen LogP contribution in [0.25, 0.3) is 0 Å². The number of methoxy groups -OCH3 is 1. The average Bonchev–Trinajstić information content (AvgIpc) is 1.84. The van der Waals surface area contributed by atoms with Crippen LogP contribution in [0.2, 0.25) is 0 Å². The molecule has 0 aromatic carbocycles. The highest BCUT2D eigenvalue weighted by atomic mass is 19.3. The normalized spacial score (nSPS) is 13.0. The average molecular weight is 140 g/mol. The van der Waals surface area contributed by atoms with Gasteiger partial charge in [-0.3, -0.25) is 0 Å². The van der Waals surface area contributed by atoms with Crippen LogP contribution in [0.5, 0.6) is 0 Å². The fourth-order valence-electron chi connectivity index (χ4n) is 0.257. The summed E-state index contributed by atoms with van der Waals surface area (Å²) in [6.45, 7) is 1.20. The Morgan fingerprint density at radius 3 is 1.89 bits per heavy atom. The lowest BCUT2D eigenvalue weighted by Gasteiger charge is -2.03. The van der Waals surface area contributed by atoms with E-state index in [2.05, 4.69) is 4.74 Å². The van der Waals surface area contributed by atoms with E-state index in [-0.39, 0.29) is 0 Å². The molecule has 0 aromatic rings. The van der Waals surface area contributed by atoms with Crippen molar-refractivity contribution in [3.05, 3.63) is 11.9 Å². The quantitative estimate of drug-likeness (QED) is 0.570. The fourth-order valence-corrected chi connectivity index (χ4v) is 0.257. The molecule has 0 aliphatic carbocycles. The minimum atomic E-state index is -2.32. The first-order valence-electron chi connectivity index (χ1n) is 2.33. The molecular formula is C5H7F3O. The van der Waals surface area contributed by atoms with Crippen LogP contribution in [0, 0.1) is 0 Å². The van der Waals surface area contributed by atoms with Gasteiger partial charge in [-0.15, -0.1) is 0 Å². The largest absolute Gasteiger partial charge is 0.374 e. The Morgan fingerprint density at radius 2 is 1.78 bits per heavy atom. The van der Waals surface area contributed by atoms with Gasteiger partial charge in [-0.05, 0) is 6.92 Å². The summed E-state index contributed by atoms with van der Waals surface area (Å²) in [6, 6.07) is 0. The van der Waals surface area contributed by atoms with E-state index in [1.807, 2.05) is 0 Å². The number of ether oxygens (including phenoxy) is 1. The second-order valence-electron chi connectivity index (χ2n) is 1.49. The third-order valence-corrected chi connectivity index (χ3v) is 0.891. The first-order valence-corrected chi connectivity index (χ1v) is 2.33. The third kappa shape index (κ3) is 2.51. The van der Waals surface area contributed by atoms with E-state index in [9.17, 15) is 13.2 Å². The summed E-state index contributed by atoms with van der Waals surface area (Å²) in [4.78, 5) is 0. The zero-order valence-electron chi connectivity index (χ0n) is 5.12. The van der Waals surface area contributed by atoms with Gasteiger partial charge in [0.15, 0.2) is 5.83 Å². The molecule has 0 bridgehead atoms. The number of hydrogen-bond acceptors (Lipinski definition) is 1. The van der Waals surface area contributed by atoms with Gasteiger partial charge in [0.1, 0.15) is 6.10 Å². The zero-order chi connectivity index (χ0) is 7.44. The van der Waals surface area contributed by atoms with E-state index in [4.69, 9.17) is 0 Å². The highest BCUT2D eigenvalue weighted by molar-refractivity contribution is 4.97. The standard InChI is InChI=1S/C5H7F3O/c1-3(9-2)4(6)5(7)8/h3H,1-2H3. The number of halogens is 3. The van der Waals surface area contributed by atoms with Crippen LogP contribution in [0.3, 0.4) is 0 Å². The predicted octanol–water partition coefficient (Wildman–Crippen LogP) is 2.10. The van der Waals surface area contributed by atoms with Crippen molar-refractivity contribution in [2.24, 2.45) is 0 Å². The molecule has 0 saturated heterocycles. The van der Waals surface area contributed by atoms with Gasteiger partial charge in [-0.1, -0.05) is 0 Å². The van der Waals surface area contributed by atoms with Crippen LogP contribution >= 0.6 is 0 Å². The Hall–Kier alpha value is -0.510. The van der Waals surface area contributed by atoms with Crippen molar-refractivity contribution in [2.75, 3.05) is 7.11 Å². The molecule has 0 heterocycles. The molecule has 0 amide bonds. The Bertz CT molecular complexity index is 117. The van der Waals surface area contributed by atoms with Crippen molar-refractivity contribution in [3.8, 4) is 0 Å². The molecule has 1 nitrogen and oxygen atoms in total. The summed E-state index contributed by atoms with van der Waals surface area (Å²) >= 11 is 0. The lowest BCUT2D eigenvalue weighted by Crippen LogP contribution is -2.05. The Kier molecular flexibility index (Phi) is 3.30. The Morgan fingerprint density at radius 1 is 1.33 bits per heavy atom. The fraction of sp³-hybridized carbons (Fsp3) is 0.600. The van der Waals surface area contributed by atoms with Crippen molar-refractivity contribution in [1.29, 1.82) is 0 Å². The van der Waals surface area contributed by atoms with Gasteiger partial charge in [0.25, 0.3) is 0 Å². The van der Waals surface area contributed by atoms with Gasteiger partial charge < -0.3 is 4.74 Å². The summed E-state index contributed by atoms with van der Waals surface area (Å²) in [7, 11) is 1.16. The van der Waals surface area contributed by atoms with E-state index < -0.39 is 18.0 Å². The Balaban J connectivity index is 4.02. The molecule has 0 saturated carbocycles. The minimum Gasteiger partial charge on any atom is -0.374 e. The lowest BCUT2D eigenvalue weighted by atomic mass is 10.4. The molecule has 9 heavy (non-hydrogen) atoms. The Labute approximate surface area is 51.1 Å². The summed E-state index contributed by atoms with van der Waals surface area (Å²) in [6.07, 6.45) is -3.46. The number of hydrogen-bond donors (Lipinski definition) is 0. The first-order chi connectivity index (χ1) is 4.09.